The fraction of sp³-hybridized carbons (Fsp3) is 0.733. The zero-order chi connectivity index (χ0) is 14.5. The molecule has 5 nitrogen and oxygen atoms in total. The first-order valence-corrected chi connectivity index (χ1v) is 7.53. The van der Waals surface area contributed by atoms with Crippen molar-refractivity contribution in [3.8, 4) is 0 Å². The molecule has 1 aliphatic rings. The summed E-state index contributed by atoms with van der Waals surface area (Å²) >= 11 is 0. The molecule has 5 heteroatoms. The Labute approximate surface area is 120 Å². The second-order valence-corrected chi connectivity index (χ2v) is 5.37. The highest BCUT2D eigenvalue weighted by molar-refractivity contribution is 5.72. The molecule has 0 atom stereocenters. The van der Waals surface area contributed by atoms with E-state index in [9.17, 15) is 4.79 Å². The molecule has 0 amide bonds. The molecule has 20 heavy (non-hydrogen) atoms. The third kappa shape index (κ3) is 3.39. The molecule has 1 fully saturated rings. The fourth-order valence-corrected chi connectivity index (χ4v) is 2.81. The van der Waals surface area contributed by atoms with Crippen molar-refractivity contribution in [1.29, 1.82) is 0 Å². The second-order valence-electron chi connectivity index (χ2n) is 5.37. The molecule has 1 aromatic heterocycles. The number of hydrogen-bond donors (Lipinski definition) is 0. The lowest BCUT2D eigenvalue weighted by atomic mass is 9.97. The first-order valence-electron chi connectivity index (χ1n) is 7.53. The van der Waals surface area contributed by atoms with E-state index in [0.717, 1.165) is 51.1 Å². The minimum absolute atomic E-state index is 0.0588. The number of methoxy groups -OCH3 is 1. The van der Waals surface area contributed by atoms with E-state index in [-0.39, 0.29) is 11.9 Å². The zero-order valence-corrected chi connectivity index (χ0v) is 12.8. The van der Waals surface area contributed by atoms with Gasteiger partial charge in [-0.15, -0.1) is 0 Å². The van der Waals surface area contributed by atoms with Crippen molar-refractivity contribution in [3.63, 3.8) is 0 Å². The topological polar surface area (TPSA) is 47.4 Å². The van der Waals surface area contributed by atoms with Gasteiger partial charge in [-0.25, -0.2) is 0 Å². The molecule has 0 bridgehead atoms. The molecule has 1 aliphatic heterocycles. The van der Waals surface area contributed by atoms with Crippen LogP contribution >= 0.6 is 0 Å². The minimum Gasteiger partial charge on any atom is -0.469 e. The summed E-state index contributed by atoms with van der Waals surface area (Å²) in [4.78, 5) is 13.9. The average Bonchev–Trinajstić information content (AvgIpc) is 2.89. The number of carbonyl (C=O) groups is 1. The van der Waals surface area contributed by atoms with Crippen molar-refractivity contribution in [2.75, 3.05) is 20.2 Å². The van der Waals surface area contributed by atoms with Gasteiger partial charge in [-0.3, -0.25) is 14.4 Å². The lowest BCUT2D eigenvalue weighted by molar-refractivity contribution is -0.147. The van der Waals surface area contributed by atoms with Crippen LogP contribution in [0, 0.1) is 5.92 Å². The summed E-state index contributed by atoms with van der Waals surface area (Å²) in [7, 11) is 1.47. The summed E-state index contributed by atoms with van der Waals surface area (Å²) in [5.41, 5.74) is 2.44. The lowest BCUT2D eigenvalue weighted by Crippen LogP contribution is -2.36. The van der Waals surface area contributed by atoms with Crippen LogP contribution in [0.5, 0.6) is 0 Å². The van der Waals surface area contributed by atoms with Crippen LogP contribution in [0.15, 0.2) is 6.07 Å². The van der Waals surface area contributed by atoms with Gasteiger partial charge in [0, 0.05) is 13.1 Å². The van der Waals surface area contributed by atoms with Gasteiger partial charge < -0.3 is 4.74 Å². The van der Waals surface area contributed by atoms with Crippen molar-refractivity contribution in [1.82, 2.24) is 14.7 Å². The van der Waals surface area contributed by atoms with Gasteiger partial charge in [0.2, 0.25) is 0 Å². The van der Waals surface area contributed by atoms with Crippen LogP contribution in [-0.2, 0) is 29.0 Å². The van der Waals surface area contributed by atoms with Crippen LogP contribution in [0.4, 0.5) is 0 Å². The first-order chi connectivity index (χ1) is 9.67. The van der Waals surface area contributed by atoms with E-state index in [1.165, 1.54) is 12.8 Å². The summed E-state index contributed by atoms with van der Waals surface area (Å²) in [6.07, 6.45) is 2.77. The predicted octanol–water partition coefficient (Wildman–Crippen LogP) is 1.85. The number of hydrogen-bond acceptors (Lipinski definition) is 4. The predicted molar refractivity (Wildman–Crippen MR) is 77.3 cm³/mol. The van der Waals surface area contributed by atoms with Gasteiger partial charge >= 0.3 is 5.97 Å². The molecule has 0 aromatic carbocycles. The van der Waals surface area contributed by atoms with E-state index < -0.39 is 0 Å². The molecule has 0 radical (unpaired) electrons. The van der Waals surface area contributed by atoms with Gasteiger partial charge in [-0.05, 0) is 45.3 Å². The summed E-state index contributed by atoms with van der Waals surface area (Å²) in [6.45, 7) is 8.00. The van der Waals surface area contributed by atoms with Crippen LogP contribution < -0.4 is 0 Å². The molecular formula is C15H25N3O2. The maximum atomic E-state index is 11.5. The van der Waals surface area contributed by atoms with E-state index in [1.807, 2.05) is 0 Å². The molecule has 1 saturated heterocycles. The van der Waals surface area contributed by atoms with Gasteiger partial charge in [0.05, 0.1) is 24.4 Å². The smallest absolute Gasteiger partial charge is 0.308 e. The molecule has 2 heterocycles. The van der Waals surface area contributed by atoms with Crippen molar-refractivity contribution >= 4 is 5.97 Å². The van der Waals surface area contributed by atoms with Gasteiger partial charge in [0.15, 0.2) is 0 Å². The molecule has 0 unspecified atom stereocenters. The van der Waals surface area contributed by atoms with Crippen molar-refractivity contribution in [2.24, 2.45) is 5.92 Å². The molecule has 1 aromatic rings. The van der Waals surface area contributed by atoms with E-state index in [1.54, 1.807) is 0 Å². The highest BCUT2D eigenvalue weighted by Crippen LogP contribution is 2.20. The van der Waals surface area contributed by atoms with E-state index >= 15 is 0 Å². The van der Waals surface area contributed by atoms with Crippen molar-refractivity contribution < 1.29 is 9.53 Å². The van der Waals surface area contributed by atoms with Crippen LogP contribution in [0.2, 0.25) is 0 Å². The minimum atomic E-state index is -0.0588. The zero-order valence-electron chi connectivity index (χ0n) is 12.8. The number of nitrogens with zero attached hydrogens (tertiary/aromatic N) is 3. The molecule has 0 aliphatic carbocycles. The average molecular weight is 279 g/mol. The van der Waals surface area contributed by atoms with Crippen LogP contribution in [0.3, 0.4) is 0 Å². The highest BCUT2D eigenvalue weighted by atomic mass is 16.5. The Morgan fingerprint density at radius 3 is 2.65 bits per heavy atom. The van der Waals surface area contributed by atoms with Crippen LogP contribution in [-0.4, -0.2) is 40.8 Å². The largest absolute Gasteiger partial charge is 0.469 e. The standard InChI is InChI=1S/C15H25N3O2/c1-4-13-10-14(18(5-2)16-13)11-17-8-6-12(7-9-17)15(19)20-3/h10,12H,4-9,11H2,1-3H3. The Kier molecular flexibility index (Phi) is 5.17. The van der Waals surface area contributed by atoms with Gasteiger partial charge in [-0.1, -0.05) is 6.92 Å². The van der Waals surface area contributed by atoms with Crippen LogP contribution in [0.1, 0.15) is 38.1 Å². The van der Waals surface area contributed by atoms with E-state index in [0.29, 0.717) is 0 Å². The summed E-state index contributed by atoms with van der Waals surface area (Å²) in [5, 5.41) is 4.59. The Hall–Kier alpha value is -1.36. The Bertz CT molecular complexity index is 448. The van der Waals surface area contributed by atoms with Gasteiger partial charge in [0.25, 0.3) is 0 Å². The third-order valence-electron chi connectivity index (χ3n) is 4.08. The molecular weight excluding hydrogens is 254 g/mol. The van der Waals surface area contributed by atoms with Gasteiger partial charge in [0.1, 0.15) is 0 Å². The van der Waals surface area contributed by atoms with Crippen molar-refractivity contribution in [2.45, 2.75) is 46.2 Å². The fourth-order valence-electron chi connectivity index (χ4n) is 2.81. The molecule has 0 N–H and O–H groups in total. The Balaban J connectivity index is 1.92. The number of aromatic nitrogens is 2. The SMILES string of the molecule is CCc1cc(CN2CCC(C(=O)OC)CC2)n(CC)n1. The maximum Gasteiger partial charge on any atom is 0.308 e. The Morgan fingerprint density at radius 2 is 2.10 bits per heavy atom. The maximum absolute atomic E-state index is 11.5. The summed E-state index contributed by atoms with van der Waals surface area (Å²) < 4.78 is 6.91. The number of aryl methyl sites for hydroxylation is 2. The molecule has 0 spiro atoms. The first kappa shape index (κ1) is 15.0. The summed E-state index contributed by atoms with van der Waals surface area (Å²) in [5.74, 6) is 0.0232. The normalized spacial score (nSPS) is 17.4. The summed E-state index contributed by atoms with van der Waals surface area (Å²) in [6, 6.07) is 2.20. The highest BCUT2D eigenvalue weighted by Gasteiger charge is 2.26. The molecule has 2 rings (SSSR count). The number of esters is 1. The molecule has 0 saturated carbocycles. The monoisotopic (exact) mass is 279 g/mol. The number of rotatable bonds is 5. The second kappa shape index (κ2) is 6.88. The van der Waals surface area contributed by atoms with Crippen molar-refractivity contribution in [3.05, 3.63) is 17.5 Å². The van der Waals surface area contributed by atoms with E-state index in [4.69, 9.17) is 4.74 Å². The van der Waals surface area contributed by atoms with Gasteiger partial charge in [-0.2, -0.15) is 5.10 Å². The molecule has 112 valence electrons. The Morgan fingerprint density at radius 1 is 1.40 bits per heavy atom. The van der Waals surface area contributed by atoms with Crippen LogP contribution in [0.25, 0.3) is 0 Å². The number of piperidine rings is 1. The number of carbonyl (C=O) groups excluding carboxylic acids is 1. The lowest BCUT2D eigenvalue weighted by Gasteiger charge is -2.30. The number of likely N-dealkylation sites (tertiary alicyclic amines) is 1. The number of ether oxygens (including phenoxy) is 1. The quantitative estimate of drug-likeness (QED) is 0.772. The third-order valence-corrected chi connectivity index (χ3v) is 4.08. The van der Waals surface area contributed by atoms with E-state index in [2.05, 4.69) is 34.6 Å².